The number of hydrogen-bond acceptors (Lipinski definition) is 6. The number of rotatable bonds is 7. The average molecular weight is 395 g/mol. The zero-order chi connectivity index (χ0) is 20.2. The van der Waals surface area contributed by atoms with Gasteiger partial charge in [0.1, 0.15) is 17.3 Å². The minimum atomic E-state index is -0.263. The van der Waals surface area contributed by atoms with Gasteiger partial charge in [0.05, 0.1) is 13.2 Å². The van der Waals surface area contributed by atoms with Gasteiger partial charge in [0.25, 0.3) is 5.91 Å². The van der Waals surface area contributed by atoms with Gasteiger partial charge in [0, 0.05) is 18.2 Å². The minimum absolute atomic E-state index is 0.0168. The maximum atomic E-state index is 12.6. The highest BCUT2D eigenvalue weighted by Gasteiger charge is 2.27. The number of likely N-dealkylation sites (tertiary alicyclic amines) is 1. The maximum Gasteiger partial charge on any atom is 0.273 e. The first-order valence-electron chi connectivity index (χ1n) is 9.84. The number of nitrogens with one attached hydrogen (secondary N) is 1. The van der Waals surface area contributed by atoms with Crippen LogP contribution in [-0.4, -0.2) is 42.7 Å². The Kier molecular flexibility index (Phi) is 5.67. The van der Waals surface area contributed by atoms with Crippen LogP contribution in [0.2, 0.25) is 0 Å². The predicted molar refractivity (Wildman–Crippen MR) is 108 cm³/mol. The first kappa shape index (κ1) is 19.3. The molecule has 2 aromatic heterocycles. The topological polar surface area (TPSA) is 80.7 Å². The third-order valence-corrected chi connectivity index (χ3v) is 5.24. The van der Waals surface area contributed by atoms with Crippen LogP contribution in [0.15, 0.2) is 51.4 Å². The van der Waals surface area contributed by atoms with E-state index >= 15 is 0 Å². The van der Waals surface area contributed by atoms with Gasteiger partial charge in [-0.3, -0.25) is 9.69 Å². The number of methoxy groups -OCH3 is 1. The van der Waals surface area contributed by atoms with Crippen LogP contribution in [0.5, 0.6) is 5.75 Å². The molecule has 1 aliphatic heterocycles. The largest absolute Gasteiger partial charge is 0.497 e. The number of hydrogen-bond donors (Lipinski definition) is 1. The van der Waals surface area contributed by atoms with Crippen LogP contribution >= 0.6 is 0 Å². The molecule has 3 aromatic rings. The van der Waals surface area contributed by atoms with Crippen molar-refractivity contribution in [3.05, 3.63) is 59.7 Å². The monoisotopic (exact) mass is 395 g/mol. The van der Waals surface area contributed by atoms with Gasteiger partial charge in [-0.25, -0.2) is 0 Å². The van der Waals surface area contributed by atoms with E-state index in [-0.39, 0.29) is 17.6 Å². The number of furan rings is 1. The summed E-state index contributed by atoms with van der Waals surface area (Å²) in [7, 11) is 1.62. The van der Waals surface area contributed by atoms with Crippen molar-refractivity contribution in [2.45, 2.75) is 25.8 Å². The summed E-state index contributed by atoms with van der Waals surface area (Å²) in [6, 6.07) is 13.0. The lowest BCUT2D eigenvalue weighted by Crippen LogP contribution is -2.36. The number of benzene rings is 1. The number of nitrogens with zero attached hydrogens (tertiary/aromatic N) is 2. The number of carbonyl (C=O) groups is 1. The molecule has 0 saturated carbocycles. The summed E-state index contributed by atoms with van der Waals surface area (Å²) in [5, 5.41) is 6.92. The van der Waals surface area contributed by atoms with Crippen molar-refractivity contribution in [2.24, 2.45) is 0 Å². The van der Waals surface area contributed by atoms with Gasteiger partial charge in [0.2, 0.25) is 0 Å². The summed E-state index contributed by atoms with van der Waals surface area (Å²) in [6.07, 6.45) is 2.33. The van der Waals surface area contributed by atoms with E-state index in [1.165, 1.54) is 12.8 Å². The third kappa shape index (κ3) is 4.35. The quantitative estimate of drug-likeness (QED) is 0.655. The first-order valence-corrected chi connectivity index (χ1v) is 9.84. The molecule has 0 aliphatic carbocycles. The molecular weight excluding hydrogens is 370 g/mol. The highest BCUT2D eigenvalue weighted by molar-refractivity contribution is 5.93. The van der Waals surface area contributed by atoms with Crippen LogP contribution in [0.3, 0.4) is 0 Å². The Balaban J connectivity index is 1.43. The summed E-state index contributed by atoms with van der Waals surface area (Å²) < 4.78 is 16.4. The Morgan fingerprint density at radius 3 is 2.62 bits per heavy atom. The van der Waals surface area contributed by atoms with E-state index < -0.39 is 0 Å². The standard InChI is InChI=1S/C22H25N3O4/c1-15-5-10-20(28-15)19(25-11-3-4-12-25)14-23-22(26)18-13-21(29-24-18)16-6-8-17(27-2)9-7-16/h5-10,13,19H,3-4,11-12,14H2,1-2H3,(H,23,26). The average Bonchev–Trinajstić information content (AvgIpc) is 3.50. The molecule has 3 heterocycles. The molecule has 1 amide bonds. The van der Waals surface area contributed by atoms with E-state index in [9.17, 15) is 4.79 Å². The predicted octanol–water partition coefficient (Wildman–Crippen LogP) is 3.82. The number of aromatic nitrogens is 1. The van der Waals surface area contributed by atoms with Crippen molar-refractivity contribution in [1.82, 2.24) is 15.4 Å². The second-order valence-electron chi connectivity index (χ2n) is 7.22. The zero-order valence-corrected chi connectivity index (χ0v) is 16.7. The van der Waals surface area contributed by atoms with Gasteiger partial charge < -0.3 is 19.0 Å². The first-order chi connectivity index (χ1) is 14.1. The molecule has 1 saturated heterocycles. The van der Waals surface area contributed by atoms with Crippen molar-refractivity contribution < 1.29 is 18.5 Å². The fraction of sp³-hybridized carbons (Fsp3) is 0.364. The van der Waals surface area contributed by atoms with Gasteiger partial charge >= 0.3 is 0 Å². The highest BCUT2D eigenvalue weighted by Crippen LogP contribution is 2.27. The second-order valence-corrected chi connectivity index (χ2v) is 7.22. The van der Waals surface area contributed by atoms with Crippen LogP contribution in [-0.2, 0) is 0 Å². The molecular formula is C22H25N3O4. The molecule has 152 valence electrons. The molecule has 1 atom stereocenters. The molecule has 0 spiro atoms. The van der Waals surface area contributed by atoms with E-state index in [0.717, 1.165) is 35.9 Å². The second kappa shape index (κ2) is 8.53. The molecule has 1 aliphatic rings. The summed E-state index contributed by atoms with van der Waals surface area (Å²) in [5.74, 6) is 2.78. The number of ether oxygens (including phenoxy) is 1. The fourth-order valence-corrected chi connectivity index (χ4v) is 3.65. The Bertz CT molecular complexity index is 955. The molecule has 1 unspecified atom stereocenters. The van der Waals surface area contributed by atoms with Gasteiger partial charge in [0.15, 0.2) is 11.5 Å². The van der Waals surface area contributed by atoms with Crippen molar-refractivity contribution in [1.29, 1.82) is 0 Å². The van der Waals surface area contributed by atoms with E-state index in [2.05, 4.69) is 15.4 Å². The lowest BCUT2D eigenvalue weighted by molar-refractivity contribution is 0.0924. The smallest absolute Gasteiger partial charge is 0.273 e. The Labute approximate surface area is 169 Å². The minimum Gasteiger partial charge on any atom is -0.497 e. The number of amides is 1. The number of aryl methyl sites for hydroxylation is 1. The van der Waals surface area contributed by atoms with Crippen molar-refractivity contribution in [3.63, 3.8) is 0 Å². The molecule has 4 rings (SSSR count). The maximum absolute atomic E-state index is 12.6. The molecule has 1 aromatic carbocycles. The van der Waals surface area contributed by atoms with Crippen molar-refractivity contribution in [2.75, 3.05) is 26.7 Å². The molecule has 1 fully saturated rings. The zero-order valence-electron chi connectivity index (χ0n) is 16.7. The Morgan fingerprint density at radius 2 is 1.97 bits per heavy atom. The summed E-state index contributed by atoms with van der Waals surface area (Å²) in [4.78, 5) is 15.0. The van der Waals surface area contributed by atoms with Crippen LogP contribution < -0.4 is 10.1 Å². The van der Waals surface area contributed by atoms with Crippen molar-refractivity contribution >= 4 is 5.91 Å². The van der Waals surface area contributed by atoms with Crippen LogP contribution in [0, 0.1) is 6.92 Å². The Morgan fingerprint density at radius 1 is 1.21 bits per heavy atom. The summed E-state index contributed by atoms with van der Waals surface area (Å²) in [6.45, 7) is 4.40. The van der Waals surface area contributed by atoms with E-state index in [4.69, 9.17) is 13.7 Å². The van der Waals surface area contributed by atoms with Gasteiger partial charge in [-0.05, 0) is 69.3 Å². The van der Waals surface area contributed by atoms with E-state index in [1.54, 1.807) is 13.2 Å². The molecule has 29 heavy (non-hydrogen) atoms. The van der Waals surface area contributed by atoms with Crippen molar-refractivity contribution in [3.8, 4) is 17.1 Å². The Hall–Kier alpha value is -3.06. The van der Waals surface area contributed by atoms with E-state index in [1.807, 2.05) is 43.3 Å². The third-order valence-electron chi connectivity index (χ3n) is 5.24. The number of carbonyl (C=O) groups excluding carboxylic acids is 1. The molecule has 0 bridgehead atoms. The van der Waals surface area contributed by atoms with Gasteiger partial charge in [-0.1, -0.05) is 5.16 Å². The summed E-state index contributed by atoms with van der Waals surface area (Å²) in [5.41, 5.74) is 1.09. The van der Waals surface area contributed by atoms with Gasteiger partial charge in [-0.15, -0.1) is 0 Å². The lowest BCUT2D eigenvalue weighted by atomic mass is 10.1. The highest BCUT2D eigenvalue weighted by atomic mass is 16.5. The normalized spacial score (nSPS) is 15.4. The van der Waals surface area contributed by atoms with Crippen LogP contribution in [0.4, 0.5) is 0 Å². The summed E-state index contributed by atoms with van der Waals surface area (Å²) >= 11 is 0. The van der Waals surface area contributed by atoms with Crippen LogP contribution in [0.25, 0.3) is 11.3 Å². The van der Waals surface area contributed by atoms with Crippen LogP contribution in [0.1, 0.15) is 40.9 Å². The van der Waals surface area contributed by atoms with E-state index in [0.29, 0.717) is 12.3 Å². The molecule has 7 heteroatoms. The van der Waals surface area contributed by atoms with Gasteiger partial charge in [-0.2, -0.15) is 0 Å². The molecule has 0 radical (unpaired) electrons. The molecule has 1 N–H and O–H groups in total. The lowest BCUT2D eigenvalue weighted by Gasteiger charge is -2.25. The fourth-order valence-electron chi connectivity index (χ4n) is 3.65. The SMILES string of the molecule is COc1ccc(-c2cc(C(=O)NCC(c3ccc(C)o3)N3CCCC3)no2)cc1. The molecule has 7 nitrogen and oxygen atoms in total.